The Hall–Kier alpha value is -2.86. The molecule has 0 unspecified atom stereocenters. The number of ether oxygens (including phenoxy) is 1. The molecule has 138 valence electrons. The van der Waals surface area contributed by atoms with Crippen LogP contribution in [0.15, 0.2) is 65.6 Å². The van der Waals surface area contributed by atoms with Crippen LogP contribution in [0.1, 0.15) is 16.1 Å². The molecule has 0 spiro atoms. The van der Waals surface area contributed by atoms with Crippen LogP contribution in [0.5, 0.6) is 0 Å². The maximum atomic E-state index is 12.4. The van der Waals surface area contributed by atoms with Crippen LogP contribution in [-0.2, 0) is 9.53 Å². The second kappa shape index (κ2) is 9.19. The third-order valence-electron chi connectivity index (χ3n) is 3.83. The Bertz CT molecular complexity index is 945. The fourth-order valence-corrected chi connectivity index (χ4v) is 3.40. The Morgan fingerprint density at radius 2 is 1.81 bits per heavy atom. The maximum absolute atomic E-state index is 12.4. The molecule has 27 heavy (non-hydrogen) atoms. The number of amides is 1. The van der Waals surface area contributed by atoms with Gasteiger partial charge in [0.05, 0.1) is 11.1 Å². The highest BCUT2D eigenvalue weighted by Crippen LogP contribution is 2.19. The van der Waals surface area contributed by atoms with Crippen molar-refractivity contribution in [1.29, 1.82) is 0 Å². The van der Waals surface area contributed by atoms with Crippen molar-refractivity contribution in [2.75, 3.05) is 18.9 Å². The Kier molecular flexibility index (Phi) is 6.44. The number of thioether (sulfide) groups is 1. The summed E-state index contributed by atoms with van der Waals surface area (Å²) < 4.78 is 5.18. The summed E-state index contributed by atoms with van der Waals surface area (Å²) in [7, 11) is 0. The predicted octanol–water partition coefficient (Wildman–Crippen LogP) is 3.61. The SMILES string of the molecule is Cc1cc(C(=O)OCC(=O)NCCSc2ccccc2)c2ccccc2n1. The topological polar surface area (TPSA) is 68.3 Å². The van der Waals surface area contributed by atoms with Crippen molar-refractivity contribution in [2.24, 2.45) is 0 Å². The highest BCUT2D eigenvalue weighted by atomic mass is 32.2. The molecule has 1 heterocycles. The molecular formula is C21H20N2O3S. The molecule has 6 heteroatoms. The molecule has 5 nitrogen and oxygen atoms in total. The van der Waals surface area contributed by atoms with Gasteiger partial charge >= 0.3 is 5.97 Å². The molecule has 0 saturated carbocycles. The van der Waals surface area contributed by atoms with E-state index < -0.39 is 5.97 Å². The Morgan fingerprint density at radius 1 is 1.07 bits per heavy atom. The Labute approximate surface area is 162 Å². The molecule has 2 aromatic carbocycles. The smallest absolute Gasteiger partial charge is 0.339 e. The van der Waals surface area contributed by atoms with Crippen LogP contribution in [0.4, 0.5) is 0 Å². The number of fused-ring (bicyclic) bond motifs is 1. The highest BCUT2D eigenvalue weighted by Gasteiger charge is 2.14. The van der Waals surface area contributed by atoms with Crippen LogP contribution in [0.3, 0.4) is 0 Å². The average molecular weight is 380 g/mol. The summed E-state index contributed by atoms with van der Waals surface area (Å²) in [5, 5.41) is 3.47. The number of benzene rings is 2. The fraction of sp³-hybridized carbons (Fsp3) is 0.190. The minimum atomic E-state index is -0.523. The number of carbonyl (C=O) groups excluding carboxylic acids is 2. The second-order valence-electron chi connectivity index (χ2n) is 5.92. The van der Waals surface area contributed by atoms with Gasteiger partial charge in [0.15, 0.2) is 6.61 Å². The number of aryl methyl sites for hydroxylation is 1. The van der Waals surface area contributed by atoms with E-state index in [1.165, 1.54) is 0 Å². The number of nitrogens with one attached hydrogen (secondary N) is 1. The van der Waals surface area contributed by atoms with Gasteiger partial charge in [-0.3, -0.25) is 9.78 Å². The van der Waals surface area contributed by atoms with Crippen LogP contribution in [0.25, 0.3) is 10.9 Å². The number of nitrogens with zero attached hydrogens (tertiary/aromatic N) is 1. The third kappa shape index (κ3) is 5.31. The summed E-state index contributed by atoms with van der Waals surface area (Å²) >= 11 is 1.66. The standard InChI is InChI=1S/C21H20N2O3S/c1-15-13-18(17-9-5-6-10-19(17)23-15)21(25)26-14-20(24)22-11-12-27-16-7-3-2-4-8-16/h2-10,13H,11-12,14H2,1H3,(H,22,24). The van der Waals surface area contributed by atoms with E-state index in [-0.39, 0.29) is 12.5 Å². The van der Waals surface area contributed by atoms with Crippen LogP contribution < -0.4 is 5.32 Å². The van der Waals surface area contributed by atoms with Crippen molar-refractivity contribution in [3.05, 3.63) is 71.9 Å². The maximum Gasteiger partial charge on any atom is 0.339 e. The van der Waals surface area contributed by atoms with Gasteiger partial charge in [-0.05, 0) is 31.2 Å². The van der Waals surface area contributed by atoms with Crippen molar-refractivity contribution in [2.45, 2.75) is 11.8 Å². The molecule has 0 radical (unpaired) electrons. The summed E-state index contributed by atoms with van der Waals surface area (Å²) in [5.41, 5.74) is 1.88. The quantitative estimate of drug-likeness (QED) is 0.385. The summed E-state index contributed by atoms with van der Waals surface area (Å²) in [6.45, 7) is 2.03. The van der Waals surface area contributed by atoms with E-state index in [4.69, 9.17) is 4.74 Å². The molecule has 0 aliphatic heterocycles. The van der Waals surface area contributed by atoms with Gasteiger partial charge in [-0.15, -0.1) is 11.8 Å². The van der Waals surface area contributed by atoms with E-state index in [1.807, 2.05) is 61.5 Å². The lowest BCUT2D eigenvalue weighted by Gasteiger charge is -2.09. The number of esters is 1. The molecule has 0 atom stereocenters. The number of aromatic nitrogens is 1. The van der Waals surface area contributed by atoms with Crippen molar-refractivity contribution >= 4 is 34.5 Å². The minimum Gasteiger partial charge on any atom is -0.452 e. The van der Waals surface area contributed by atoms with E-state index in [1.54, 1.807) is 17.8 Å². The Balaban J connectivity index is 1.48. The number of hydrogen-bond acceptors (Lipinski definition) is 5. The first-order valence-electron chi connectivity index (χ1n) is 8.61. The lowest BCUT2D eigenvalue weighted by atomic mass is 10.1. The zero-order valence-electron chi connectivity index (χ0n) is 15.0. The number of pyridine rings is 1. The summed E-state index contributed by atoms with van der Waals surface area (Å²) in [6, 6.07) is 19.0. The fourth-order valence-electron chi connectivity index (χ4n) is 2.61. The van der Waals surface area contributed by atoms with E-state index in [0.29, 0.717) is 17.5 Å². The monoisotopic (exact) mass is 380 g/mol. The lowest BCUT2D eigenvalue weighted by molar-refractivity contribution is -0.124. The van der Waals surface area contributed by atoms with Crippen LogP contribution in [-0.4, -0.2) is 35.8 Å². The first kappa shape index (κ1) is 18.9. The second-order valence-corrected chi connectivity index (χ2v) is 7.08. The molecular weight excluding hydrogens is 360 g/mol. The molecule has 0 aliphatic rings. The van der Waals surface area contributed by atoms with E-state index >= 15 is 0 Å². The number of rotatable bonds is 7. The van der Waals surface area contributed by atoms with E-state index in [2.05, 4.69) is 10.3 Å². The molecule has 0 aliphatic carbocycles. The van der Waals surface area contributed by atoms with E-state index in [0.717, 1.165) is 21.9 Å². The van der Waals surface area contributed by atoms with Gasteiger partial charge in [-0.2, -0.15) is 0 Å². The molecule has 1 amide bonds. The van der Waals surface area contributed by atoms with Crippen LogP contribution in [0, 0.1) is 6.92 Å². The first-order chi connectivity index (χ1) is 13.1. The van der Waals surface area contributed by atoms with Crippen molar-refractivity contribution in [3.63, 3.8) is 0 Å². The molecule has 3 aromatic rings. The number of carbonyl (C=O) groups is 2. The minimum absolute atomic E-state index is 0.301. The van der Waals surface area contributed by atoms with Crippen LogP contribution >= 0.6 is 11.8 Å². The zero-order valence-corrected chi connectivity index (χ0v) is 15.8. The van der Waals surface area contributed by atoms with Crippen molar-refractivity contribution in [3.8, 4) is 0 Å². The molecule has 1 N–H and O–H groups in total. The zero-order chi connectivity index (χ0) is 19.1. The first-order valence-corrected chi connectivity index (χ1v) is 9.60. The van der Waals surface area contributed by atoms with Gasteiger partial charge in [0.25, 0.3) is 5.91 Å². The highest BCUT2D eigenvalue weighted by molar-refractivity contribution is 7.99. The number of para-hydroxylation sites is 1. The third-order valence-corrected chi connectivity index (χ3v) is 4.85. The summed E-state index contributed by atoms with van der Waals surface area (Å²) in [6.07, 6.45) is 0. The van der Waals surface area contributed by atoms with E-state index in [9.17, 15) is 9.59 Å². The van der Waals surface area contributed by atoms with Gasteiger partial charge in [0, 0.05) is 28.3 Å². The molecule has 0 saturated heterocycles. The summed E-state index contributed by atoms with van der Waals surface area (Å²) in [5.74, 6) is -0.0876. The van der Waals surface area contributed by atoms with Gasteiger partial charge in [-0.25, -0.2) is 4.79 Å². The van der Waals surface area contributed by atoms with Crippen molar-refractivity contribution < 1.29 is 14.3 Å². The van der Waals surface area contributed by atoms with Gasteiger partial charge < -0.3 is 10.1 Å². The van der Waals surface area contributed by atoms with Gasteiger partial charge in [0.2, 0.25) is 0 Å². The molecule has 3 rings (SSSR count). The molecule has 0 fully saturated rings. The lowest BCUT2D eigenvalue weighted by Crippen LogP contribution is -2.30. The molecule has 1 aromatic heterocycles. The average Bonchev–Trinajstić information content (AvgIpc) is 2.69. The van der Waals surface area contributed by atoms with Gasteiger partial charge in [-0.1, -0.05) is 36.4 Å². The summed E-state index contributed by atoms with van der Waals surface area (Å²) in [4.78, 5) is 29.9. The van der Waals surface area contributed by atoms with Crippen molar-refractivity contribution in [1.82, 2.24) is 10.3 Å². The predicted molar refractivity (Wildman–Crippen MR) is 107 cm³/mol. The number of hydrogen-bond donors (Lipinski definition) is 1. The largest absolute Gasteiger partial charge is 0.452 e. The van der Waals surface area contributed by atoms with Crippen LogP contribution in [0.2, 0.25) is 0 Å². The van der Waals surface area contributed by atoms with Gasteiger partial charge in [0.1, 0.15) is 0 Å². The Morgan fingerprint density at radius 3 is 2.63 bits per heavy atom. The normalized spacial score (nSPS) is 10.6. The molecule has 0 bridgehead atoms.